The lowest BCUT2D eigenvalue weighted by molar-refractivity contribution is -0.119. The molecule has 1 amide bonds. The first-order valence-corrected chi connectivity index (χ1v) is 9.40. The number of carbonyl (C=O) groups excluding carboxylic acids is 1. The Morgan fingerprint density at radius 2 is 2.00 bits per heavy atom. The standard InChI is InChI=1S/C21H24N4O2/c1-15-5-10-19(27-15)21-17(14-23-24-21)13-22-12-16-6-8-18(9-7-16)25-11-3-2-4-20(25)26/h5-10,14,22H,2-4,11-13H2,1H3,(H,23,24). The molecule has 0 atom stereocenters. The minimum absolute atomic E-state index is 0.229. The molecule has 0 spiro atoms. The fraction of sp³-hybridized carbons (Fsp3) is 0.333. The van der Waals surface area contributed by atoms with Crippen molar-refractivity contribution in [2.24, 2.45) is 0 Å². The second-order valence-corrected chi connectivity index (χ2v) is 6.95. The summed E-state index contributed by atoms with van der Waals surface area (Å²) in [7, 11) is 0. The third-order valence-electron chi connectivity index (χ3n) is 4.92. The van der Waals surface area contributed by atoms with Gasteiger partial charge in [-0.15, -0.1) is 0 Å². The van der Waals surface area contributed by atoms with Gasteiger partial charge in [-0.2, -0.15) is 5.10 Å². The topological polar surface area (TPSA) is 74.2 Å². The molecule has 0 aliphatic carbocycles. The number of nitrogens with zero attached hydrogens (tertiary/aromatic N) is 2. The van der Waals surface area contributed by atoms with Gasteiger partial charge < -0.3 is 14.6 Å². The number of furan rings is 1. The Balaban J connectivity index is 1.35. The normalized spacial score (nSPS) is 14.7. The van der Waals surface area contributed by atoms with E-state index in [1.807, 2.05) is 42.3 Å². The predicted molar refractivity (Wildman–Crippen MR) is 104 cm³/mol. The molecular formula is C21H24N4O2. The van der Waals surface area contributed by atoms with Gasteiger partial charge in [0, 0.05) is 37.3 Å². The fourth-order valence-electron chi connectivity index (χ4n) is 3.44. The average molecular weight is 364 g/mol. The Morgan fingerprint density at radius 3 is 2.74 bits per heavy atom. The first kappa shape index (κ1) is 17.5. The second-order valence-electron chi connectivity index (χ2n) is 6.95. The monoisotopic (exact) mass is 364 g/mol. The molecule has 27 heavy (non-hydrogen) atoms. The third-order valence-corrected chi connectivity index (χ3v) is 4.92. The van der Waals surface area contributed by atoms with Crippen LogP contribution in [0.4, 0.5) is 5.69 Å². The van der Waals surface area contributed by atoms with Crippen LogP contribution in [0.2, 0.25) is 0 Å². The molecule has 6 heteroatoms. The van der Waals surface area contributed by atoms with Gasteiger partial charge in [0.15, 0.2) is 5.76 Å². The Labute approximate surface area is 158 Å². The van der Waals surface area contributed by atoms with E-state index in [2.05, 4.69) is 27.6 Å². The summed E-state index contributed by atoms with van der Waals surface area (Å²) in [4.78, 5) is 13.9. The number of piperidine rings is 1. The molecular weight excluding hydrogens is 340 g/mol. The largest absolute Gasteiger partial charge is 0.460 e. The SMILES string of the molecule is Cc1ccc(-c2[nH]ncc2CNCc2ccc(N3CCCCC3=O)cc2)o1. The van der Waals surface area contributed by atoms with Crippen LogP contribution in [0.25, 0.3) is 11.5 Å². The Morgan fingerprint density at radius 1 is 1.15 bits per heavy atom. The van der Waals surface area contributed by atoms with Crippen molar-refractivity contribution in [3.05, 3.63) is 59.5 Å². The van der Waals surface area contributed by atoms with Gasteiger partial charge in [-0.25, -0.2) is 0 Å². The second kappa shape index (κ2) is 7.80. The molecule has 1 aliphatic rings. The quantitative estimate of drug-likeness (QED) is 0.698. The van der Waals surface area contributed by atoms with E-state index in [4.69, 9.17) is 4.42 Å². The molecule has 4 rings (SSSR count). The van der Waals surface area contributed by atoms with Crippen molar-refractivity contribution < 1.29 is 9.21 Å². The number of aromatic nitrogens is 2. The Kier molecular flexibility index (Phi) is 5.07. The van der Waals surface area contributed by atoms with E-state index in [9.17, 15) is 4.79 Å². The van der Waals surface area contributed by atoms with E-state index in [1.54, 1.807) is 0 Å². The molecule has 3 aromatic rings. The zero-order valence-corrected chi connectivity index (χ0v) is 15.5. The summed E-state index contributed by atoms with van der Waals surface area (Å²) in [6, 6.07) is 12.1. The third kappa shape index (κ3) is 3.95. The molecule has 0 radical (unpaired) electrons. The highest BCUT2D eigenvalue weighted by Crippen LogP contribution is 2.24. The summed E-state index contributed by atoms with van der Waals surface area (Å²) >= 11 is 0. The summed E-state index contributed by atoms with van der Waals surface area (Å²) in [6.07, 6.45) is 4.57. The molecule has 0 bridgehead atoms. The Hall–Kier alpha value is -2.86. The molecule has 0 unspecified atom stereocenters. The van der Waals surface area contributed by atoms with Crippen LogP contribution in [0.3, 0.4) is 0 Å². The molecule has 1 aromatic carbocycles. The van der Waals surface area contributed by atoms with E-state index < -0.39 is 0 Å². The zero-order valence-electron chi connectivity index (χ0n) is 15.5. The van der Waals surface area contributed by atoms with Gasteiger partial charge in [0.2, 0.25) is 5.91 Å². The number of amides is 1. The van der Waals surface area contributed by atoms with Crippen molar-refractivity contribution in [2.75, 3.05) is 11.4 Å². The number of nitrogens with one attached hydrogen (secondary N) is 2. The summed E-state index contributed by atoms with van der Waals surface area (Å²) in [5.74, 6) is 1.91. The lowest BCUT2D eigenvalue weighted by Crippen LogP contribution is -2.35. The predicted octanol–water partition coefficient (Wildman–Crippen LogP) is 3.78. The van der Waals surface area contributed by atoms with Crippen molar-refractivity contribution >= 4 is 11.6 Å². The average Bonchev–Trinajstić information content (AvgIpc) is 3.31. The maximum Gasteiger partial charge on any atom is 0.226 e. The summed E-state index contributed by atoms with van der Waals surface area (Å²) in [5, 5.41) is 10.6. The van der Waals surface area contributed by atoms with Gasteiger partial charge in [0.05, 0.1) is 6.20 Å². The lowest BCUT2D eigenvalue weighted by atomic mass is 10.1. The minimum Gasteiger partial charge on any atom is -0.460 e. The van der Waals surface area contributed by atoms with Crippen LogP contribution in [-0.2, 0) is 17.9 Å². The van der Waals surface area contributed by atoms with Crippen LogP contribution in [0.5, 0.6) is 0 Å². The molecule has 2 N–H and O–H groups in total. The highest BCUT2D eigenvalue weighted by molar-refractivity contribution is 5.93. The van der Waals surface area contributed by atoms with Gasteiger partial charge in [-0.1, -0.05) is 12.1 Å². The van der Waals surface area contributed by atoms with Crippen LogP contribution < -0.4 is 10.2 Å². The number of rotatable bonds is 6. The van der Waals surface area contributed by atoms with Gasteiger partial charge >= 0.3 is 0 Å². The molecule has 1 aliphatic heterocycles. The minimum atomic E-state index is 0.229. The number of aromatic amines is 1. The van der Waals surface area contributed by atoms with E-state index in [0.29, 0.717) is 13.0 Å². The molecule has 1 saturated heterocycles. The van der Waals surface area contributed by atoms with Crippen LogP contribution in [-0.4, -0.2) is 22.6 Å². The van der Waals surface area contributed by atoms with Crippen molar-refractivity contribution in [1.82, 2.24) is 15.5 Å². The van der Waals surface area contributed by atoms with Crippen LogP contribution in [0.1, 0.15) is 36.1 Å². The van der Waals surface area contributed by atoms with Crippen LogP contribution in [0.15, 0.2) is 47.0 Å². The number of hydrogen-bond donors (Lipinski definition) is 2. The van der Waals surface area contributed by atoms with Gasteiger partial charge in [0.1, 0.15) is 11.5 Å². The van der Waals surface area contributed by atoms with Crippen molar-refractivity contribution in [1.29, 1.82) is 0 Å². The highest BCUT2D eigenvalue weighted by atomic mass is 16.3. The van der Waals surface area contributed by atoms with E-state index in [1.165, 1.54) is 5.56 Å². The molecule has 2 aromatic heterocycles. The van der Waals surface area contributed by atoms with Gasteiger partial charge in [-0.3, -0.25) is 9.89 Å². The summed E-state index contributed by atoms with van der Waals surface area (Å²) in [5.41, 5.74) is 4.16. The number of carbonyl (C=O) groups is 1. The first-order chi connectivity index (χ1) is 13.2. The summed E-state index contributed by atoms with van der Waals surface area (Å²) in [6.45, 7) is 4.19. The summed E-state index contributed by atoms with van der Waals surface area (Å²) < 4.78 is 5.68. The van der Waals surface area contributed by atoms with E-state index >= 15 is 0 Å². The number of hydrogen-bond acceptors (Lipinski definition) is 4. The van der Waals surface area contributed by atoms with E-state index in [-0.39, 0.29) is 5.91 Å². The van der Waals surface area contributed by atoms with E-state index in [0.717, 1.165) is 54.4 Å². The molecule has 140 valence electrons. The number of anilines is 1. The first-order valence-electron chi connectivity index (χ1n) is 9.40. The highest BCUT2D eigenvalue weighted by Gasteiger charge is 2.19. The molecule has 6 nitrogen and oxygen atoms in total. The van der Waals surface area contributed by atoms with Gasteiger partial charge in [0.25, 0.3) is 0 Å². The fourth-order valence-corrected chi connectivity index (χ4v) is 3.44. The Bertz CT molecular complexity index is 910. The smallest absolute Gasteiger partial charge is 0.226 e. The van der Waals surface area contributed by atoms with Gasteiger partial charge in [-0.05, 0) is 49.6 Å². The van der Waals surface area contributed by atoms with Crippen molar-refractivity contribution in [2.45, 2.75) is 39.3 Å². The maximum absolute atomic E-state index is 12.0. The zero-order chi connectivity index (χ0) is 18.6. The molecule has 3 heterocycles. The number of aryl methyl sites for hydroxylation is 1. The number of benzene rings is 1. The lowest BCUT2D eigenvalue weighted by Gasteiger charge is -2.26. The number of H-pyrrole nitrogens is 1. The van der Waals surface area contributed by atoms with Crippen LogP contribution in [0, 0.1) is 6.92 Å². The maximum atomic E-state index is 12.0. The molecule has 1 fully saturated rings. The van der Waals surface area contributed by atoms with Crippen molar-refractivity contribution in [3.63, 3.8) is 0 Å². The molecule has 0 saturated carbocycles. The van der Waals surface area contributed by atoms with Crippen molar-refractivity contribution in [3.8, 4) is 11.5 Å². The van der Waals surface area contributed by atoms with Crippen LogP contribution >= 0.6 is 0 Å².